The fraction of sp³-hybridized carbons (Fsp3) is 0.438. The van der Waals surface area contributed by atoms with Gasteiger partial charge in [0.1, 0.15) is 5.75 Å². The highest BCUT2D eigenvalue weighted by Gasteiger charge is 2.13. The van der Waals surface area contributed by atoms with Crippen LogP contribution < -0.4 is 10.1 Å². The Balaban J connectivity index is 1.90. The van der Waals surface area contributed by atoms with Crippen LogP contribution in [0.5, 0.6) is 5.75 Å². The number of carbonyl (C=O) groups is 1. The van der Waals surface area contributed by atoms with Crippen molar-refractivity contribution >= 4 is 23.2 Å². The minimum atomic E-state index is -0.189. The van der Waals surface area contributed by atoms with Gasteiger partial charge in [-0.3, -0.25) is 9.69 Å². The first-order valence-corrected chi connectivity index (χ1v) is 8.03. The number of aryl methyl sites for hydroxylation is 1. The Labute approximate surface area is 145 Å². The number of nitrogens with zero attached hydrogens (tertiary/aromatic N) is 3. The molecule has 0 aliphatic carbocycles. The minimum Gasteiger partial charge on any atom is -0.495 e. The molecule has 1 aromatic carbocycles. The lowest BCUT2D eigenvalue weighted by Crippen LogP contribution is -2.30. The van der Waals surface area contributed by atoms with Gasteiger partial charge in [0, 0.05) is 11.4 Å². The van der Waals surface area contributed by atoms with Gasteiger partial charge in [-0.1, -0.05) is 23.7 Å². The van der Waals surface area contributed by atoms with E-state index in [0.29, 0.717) is 34.7 Å². The van der Waals surface area contributed by atoms with E-state index in [1.165, 1.54) is 7.11 Å². The topological polar surface area (TPSA) is 80.5 Å². The summed E-state index contributed by atoms with van der Waals surface area (Å²) in [6, 6.07) is 5.05. The van der Waals surface area contributed by atoms with Gasteiger partial charge in [-0.05, 0) is 31.7 Å². The molecule has 2 rings (SSSR count). The van der Waals surface area contributed by atoms with Crippen LogP contribution in [0.2, 0.25) is 5.02 Å². The molecule has 0 saturated carbocycles. The molecule has 1 amide bonds. The Hall–Kier alpha value is -2.12. The number of amides is 1. The smallest absolute Gasteiger partial charge is 0.240 e. The molecular weight excluding hydrogens is 332 g/mol. The van der Waals surface area contributed by atoms with Gasteiger partial charge in [0.25, 0.3) is 0 Å². The molecule has 1 N–H and O–H groups in total. The van der Waals surface area contributed by atoms with Gasteiger partial charge >= 0.3 is 0 Å². The molecule has 2 aromatic rings. The predicted octanol–water partition coefficient (Wildman–Crippen LogP) is 2.75. The van der Waals surface area contributed by atoms with E-state index in [1.54, 1.807) is 30.1 Å². The number of methoxy groups -OCH3 is 1. The lowest BCUT2D eigenvalue weighted by molar-refractivity contribution is -0.117. The molecule has 0 bridgehead atoms. The van der Waals surface area contributed by atoms with Crippen molar-refractivity contribution in [2.75, 3.05) is 26.0 Å². The number of nitrogens with one attached hydrogen (secondary N) is 1. The third-order valence-electron chi connectivity index (χ3n) is 3.24. The number of likely N-dealkylation sites (N-methyl/N-ethyl adjacent to an activating group) is 1. The molecule has 0 aliphatic rings. The van der Waals surface area contributed by atoms with Crippen LogP contribution in [0, 0.1) is 0 Å². The number of anilines is 1. The summed E-state index contributed by atoms with van der Waals surface area (Å²) in [4.78, 5) is 18.3. The van der Waals surface area contributed by atoms with Crippen molar-refractivity contribution in [3.63, 3.8) is 0 Å². The number of carbonyl (C=O) groups excluding carboxylic acids is 1. The zero-order valence-electron chi connectivity index (χ0n) is 14.0. The first-order valence-electron chi connectivity index (χ1n) is 7.65. The van der Waals surface area contributed by atoms with Crippen LogP contribution in [-0.2, 0) is 17.8 Å². The van der Waals surface area contributed by atoms with Gasteiger partial charge in [0.15, 0.2) is 5.82 Å². The molecule has 130 valence electrons. The molecule has 0 radical (unpaired) electrons. The van der Waals surface area contributed by atoms with Crippen molar-refractivity contribution in [1.82, 2.24) is 15.0 Å². The zero-order chi connectivity index (χ0) is 17.5. The second kappa shape index (κ2) is 8.65. The van der Waals surface area contributed by atoms with Crippen LogP contribution in [0.1, 0.15) is 25.1 Å². The highest BCUT2D eigenvalue weighted by atomic mass is 35.5. The lowest BCUT2D eigenvalue weighted by atomic mass is 10.3. The van der Waals surface area contributed by atoms with E-state index in [4.69, 9.17) is 20.9 Å². The third kappa shape index (κ3) is 5.21. The van der Waals surface area contributed by atoms with Gasteiger partial charge in [-0.15, -0.1) is 0 Å². The summed E-state index contributed by atoms with van der Waals surface area (Å²) in [6.45, 7) is 2.62. The van der Waals surface area contributed by atoms with E-state index in [1.807, 2.05) is 0 Å². The Morgan fingerprint density at radius 1 is 1.46 bits per heavy atom. The summed E-state index contributed by atoms with van der Waals surface area (Å²) in [7, 11) is 3.34. The molecule has 0 atom stereocenters. The molecule has 0 aliphatic heterocycles. The number of hydrogen-bond acceptors (Lipinski definition) is 6. The molecule has 0 unspecified atom stereocenters. The summed E-state index contributed by atoms with van der Waals surface area (Å²) in [5, 5.41) is 7.20. The maximum atomic E-state index is 12.2. The number of aromatic nitrogens is 2. The Bertz CT molecular complexity index is 690. The van der Waals surface area contributed by atoms with Crippen molar-refractivity contribution in [3.05, 3.63) is 34.9 Å². The SMILES string of the molecule is CCCc1noc(CN(C)CC(=O)Nc2cc(Cl)ccc2OC)n1. The Morgan fingerprint density at radius 3 is 2.96 bits per heavy atom. The van der Waals surface area contributed by atoms with Crippen molar-refractivity contribution in [3.8, 4) is 5.75 Å². The maximum Gasteiger partial charge on any atom is 0.240 e. The van der Waals surface area contributed by atoms with Crippen molar-refractivity contribution in [1.29, 1.82) is 0 Å². The summed E-state index contributed by atoms with van der Waals surface area (Å²) >= 11 is 5.95. The second-order valence-corrected chi connectivity index (χ2v) is 5.86. The molecular formula is C16H21ClN4O3. The van der Waals surface area contributed by atoms with Crippen molar-refractivity contribution in [2.24, 2.45) is 0 Å². The summed E-state index contributed by atoms with van der Waals surface area (Å²) < 4.78 is 10.4. The minimum absolute atomic E-state index is 0.168. The predicted molar refractivity (Wildman–Crippen MR) is 91.3 cm³/mol. The quantitative estimate of drug-likeness (QED) is 0.786. The fourth-order valence-corrected chi connectivity index (χ4v) is 2.35. The molecule has 7 nitrogen and oxygen atoms in total. The van der Waals surface area contributed by atoms with Gasteiger partial charge in [0.05, 0.1) is 25.9 Å². The first kappa shape index (κ1) is 18.2. The first-order chi connectivity index (χ1) is 11.5. The van der Waals surface area contributed by atoms with E-state index < -0.39 is 0 Å². The number of rotatable bonds is 8. The number of ether oxygens (including phenoxy) is 1. The van der Waals surface area contributed by atoms with Crippen LogP contribution in [0.25, 0.3) is 0 Å². The van der Waals surface area contributed by atoms with Crippen LogP contribution in [0.3, 0.4) is 0 Å². The molecule has 0 saturated heterocycles. The molecule has 1 aromatic heterocycles. The highest BCUT2D eigenvalue weighted by molar-refractivity contribution is 6.31. The zero-order valence-corrected chi connectivity index (χ0v) is 14.8. The van der Waals surface area contributed by atoms with Crippen LogP contribution >= 0.6 is 11.6 Å². The summed E-state index contributed by atoms with van der Waals surface area (Å²) in [5.41, 5.74) is 0.534. The highest BCUT2D eigenvalue weighted by Crippen LogP contribution is 2.27. The van der Waals surface area contributed by atoms with Crippen LogP contribution in [-0.4, -0.2) is 41.6 Å². The average molecular weight is 353 g/mol. The van der Waals surface area contributed by atoms with Crippen molar-refractivity contribution in [2.45, 2.75) is 26.3 Å². The van der Waals surface area contributed by atoms with E-state index in [9.17, 15) is 4.79 Å². The van der Waals surface area contributed by atoms with E-state index in [0.717, 1.165) is 12.8 Å². The monoisotopic (exact) mass is 352 g/mol. The average Bonchev–Trinajstić information content (AvgIpc) is 2.94. The molecule has 0 spiro atoms. The van der Waals surface area contributed by atoms with E-state index in [-0.39, 0.29) is 12.5 Å². The molecule has 24 heavy (non-hydrogen) atoms. The van der Waals surface area contributed by atoms with Gasteiger partial charge < -0.3 is 14.6 Å². The normalized spacial score (nSPS) is 10.9. The third-order valence-corrected chi connectivity index (χ3v) is 3.47. The molecule has 0 fully saturated rings. The van der Waals surface area contributed by atoms with Crippen LogP contribution in [0.15, 0.2) is 22.7 Å². The Morgan fingerprint density at radius 2 is 2.25 bits per heavy atom. The van der Waals surface area contributed by atoms with Crippen LogP contribution in [0.4, 0.5) is 5.69 Å². The standard InChI is InChI=1S/C16H21ClN4O3/c1-4-5-14-19-16(24-20-14)10-21(2)9-15(22)18-12-8-11(17)6-7-13(12)23-3/h6-8H,4-5,9-10H2,1-3H3,(H,18,22). The molecule has 1 heterocycles. The fourth-order valence-electron chi connectivity index (χ4n) is 2.18. The largest absolute Gasteiger partial charge is 0.495 e. The van der Waals surface area contributed by atoms with E-state index in [2.05, 4.69) is 22.4 Å². The number of benzene rings is 1. The maximum absolute atomic E-state index is 12.2. The number of hydrogen-bond donors (Lipinski definition) is 1. The van der Waals surface area contributed by atoms with Gasteiger partial charge in [0.2, 0.25) is 11.8 Å². The van der Waals surface area contributed by atoms with E-state index >= 15 is 0 Å². The Kier molecular flexibility index (Phi) is 6.57. The number of halogens is 1. The summed E-state index contributed by atoms with van der Waals surface area (Å²) in [6.07, 6.45) is 1.74. The lowest BCUT2D eigenvalue weighted by Gasteiger charge is -2.15. The summed E-state index contributed by atoms with van der Waals surface area (Å²) in [5.74, 6) is 1.55. The van der Waals surface area contributed by atoms with Gasteiger partial charge in [-0.2, -0.15) is 4.98 Å². The second-order valence-electron chi connectivity index (χ2n) is 5.42. The van der Waals surface area contributed by atoms with Crippen molar-refractivity contribution < 1.29 is 14.1 Å². The van der Waals surface area contributed by atoms with Gasteiger partial charge in [-0.25, -0.2) is 0 Å². The molecule has 8 heteroatoms.